The highest BCUT2D eigenvalue weighted by atomic mass is 32.1. The maximum Gasteiger partial charge on any atom is 0.261 e. The predicted molar refractivity (Wildman–Crippen MR) is 88.0 cm³/mol. The van der Waals surface area contributed by atoms with Gasteiger partial charge in [0.2, 0.25) is 0 Å². The molecule has 1 atom stereocenters. The molecule has 0 fully saturated rings. The molecule has 0 aliphatic rings. The molecule has 118 valence electrons. The van der Waals surface area contributed by atoms with Crippen molar-refractivity contribution in [2.75, 3.05) is 0 Å². The standard InChI is InChI=1S/C17H21NO3S/c1-3-15-7-8-16(22-15)10-18-17(20)12(2)21-14-6-4-5-13(9-14)11-19/h4-9,12,19H,3,10-11H2,1-2H3,(H,18,20). The monoisotopic (exact) mass is 319 g/mol. The number of thiophene rings is 1. The van der Waals surface area contributed by atoms with Crippen LogP contribution in [0.15, 0.2) is 36.4 Å². The summed E-state index contributed by atoms with van der Waals surface area (Å²) >= 11 is 1.71. The van der Waals surface area contributed by atoms with Gasteiger partial charge < -0.3 is 15.2 Å². The first kappa shape index (κ1) is 16.5. The summed E-state index contributed by atoms with van der Waals surface area (Å²) in [4.78, 5) is 14.5. The Labute approximate surface area is 134 Å². The van der Waals surface area contributed by atoms with Crippen LogP contribution in [-0.4, -0.2) is 17.1 Å². The van der Waals surface area contributed by atoms with Gasteiger partial charge in [0, 0.05) is 9.75 Å². The van der Waals surface area contributed by atoms with E-state index < -0.39 is 6.10 Å². The third-order valence-corrected chi connectivity index (χ3v) is 4.50. The molecule has 4 nitrogen and oxygen atoms in total. The molecule has 5 heteroatoms. The van der Waals surface area contributed by atoms with Crippen LogP contribution in [0.2, 0.25) is 0 Å². The number of aliphatic hydroxyl groups is 1. The van der Waals surface area contributed by atoms with Crippen LogP contribution in [0.1, 0.15) is 29.2 Å². The molecule has 0 spiro atoms. The molecule has 0 saturated heterocycles. The van der Waals surface area contributed by atoms with E-state index in [0.29, 0.717) is 12.3 Å². The minimum atomic E-state index is -0.584. The number of amides is 1. The Kier molecular flexibility index (Phi) is 5.98. The number of carbonyl (C=O) groups is 1. The Morgan fingerprint density at radius 1 is 1.32 bits per heavy atom. The van der Waals surface area contributed by atoms with E-state index in [2.05, 4.69) is 18.3 Å². The topological polar surface area (TPSA) is 58.6 Å². The van der Waals surface area contributed by atoms with Crippen LogP contribution in [0, 0.1) is 0 Å². The second kappa shape index (κ2) is 7.96. The lowest BCUT2D eigenvalue weighted by Crippen LogP contribution is -2.35. The highest BCUT2D eigenvalue weighted by molar-refractivity contribution is 7.11. The van der Waals surface area contributed by atoms with Gasteiger partial charge in [-0.1, -0.05) is 19.1 Å². The fourth-order valence-corrected chi connectivity index (χ4v) is 2.90. The first-order chi connectivity index (χ1) is 10.6. The number of aryl methyl sites for hydroxylation is 1. The Bertz CT molecular complexity index is 624. The van der Waals surface area contributed by atoms with E-state index in [-0.39, 0.29) is 12.5 Å². The first-order valence-electron chi connectivity index (χ1n) is 7.34. The van der Waals surface area contributed by atoms with Crippen molar-refractivity contribution in [2.45, 2.75) is 39.5 Å². The molecule has 0 aliphatic heterocycles. The summed E-state index contributed by atoms with van der Waals surface area (Å²) in [7, 11) is 0. The predicted octanol–water partition coefficient (Wildman–Crippen LogP) is 2.89. The molecular formula is C17H21NO3S. The van der Waals surface area contributed by atoms with Crippen molar-refractivity contribution in [1.29, 1.82) is 0 Å². The molecule has 22 heavy (non-hydrogen) atoms. The Hall–Kier alpha value is -1.85. The van der Waals surface area contributed by atoms with Crippen LogP contribution >= 0.6 is 11.3 Å². The van der Waals surface area contributed by atoms with E-state index in [9.17, 15) is 4.79 Å². The van der Waals surface area contributed by atoms with Crippen molar-refractivity contribution in [3.63, 3.8) is 0 Å². The molecule has 1 unspecified atom stereocenters. The Balaban J connectivity index is 1.86. The van der Waals surface area contributed by atoms with Gasteiger partial charge in [0.25, 0.3) is 5.91 Å². The number of hydrogen-bond acceptors (Lipinski definition) is 4. The summed E-state index contributed by atoms with van der Waals surface area (Å²) in [5.41, 5.74) is 0.760. The highest BCUT2D eigenvalue weighted by Gasteiger charge is 2.14. The molecule has 0 radical (unpaired) electrons. The number of aliphatic hydroxyl groups excluding tert-OH is 1. The minimum Gasteiger partial charge on any atom is -0.481 e. The van der Waals surface area contributed by atoms with E-state index in [1.165, 1.54) is 4.88 Å². The van der Waals surface area contributed by atoms with Crippen molar-refractivity contribution in [3.05, 3.63) is 51.7 Å². The molecular weight excluding hydrogens is 298 g/mol. The molecule has 1 aromatic heterocycles. The molecule has 1 heterocycles. The van der Waals surface area contributed by atoms with Gasteiger partial charge in [-0.3, -0.25) is 4.79 Å². The zero-order valence-corrected chi connectivity index (χ0v) is 13.7. The van der Waals surface area contributed by atoms with E-state index in [4.69, 9.17) is 9.84 Å². The summed E-state index contributed by atoms with van der Waals surface area (Å²) in [6, 6.07) is 11.2. The first-order valence-corrected chi connectivity index (χ1v) is 8.15. The van der Waals surface area contributed by atoms with Gasteiger partial charge in [0.05, 0.1) is 13.2 Å². The summed E-state index contributed by atoms with van der Waals surface area (Å²) in [6.07, 6.45) is 0.429. The normalized spacial score (nSPS) is 12.0. The SMILES string of the molecule is CCc1ccc(CNC(=O)C(C)Oc2cccc(CO)c2)s1. The number of rotatable bonds is 7. The molecule has 1 aromatic carbocycles. The lowest BCUT2D eigenvalue weighted by molar-refractivity contribution is -0.127. The number of hydrogen-bond donors (Lipinski definition) is 2. The third-order valence-electron chi connectivity index (χ3n) is 3.27. The van der Waals surface area contributed by atoms with E-state index in [1.54, 1.807) is 42.5 Å². The minimum absolute atomic E-state index is 0.0457. The van der Waals surface area contributed by atoms with Crippen LogP contribution in [0.5, 0.6) is 5.75 Å². The molecule has 0 aliphatic carbocycles. The second-order valence-corrected chi connectivity index (χ2v) is 6.26. The molecule has 2 N–H and O–H groups in total. The fraction of sp³-hybridized carbons (Fsp3) is 0.353. The number of carbonyl (C=O) groups excluding carboxylic acids is 1. The molecule has 1 amide bonds. The van der Waals surface area contributed by atoms with Gasteiger partial charge in [-0.15, -0.1) is 11.3 Å². The van der Waals surface area contributed by atoms with Gasteiger partial charge >= 0.3 is 0 Å². The van der Waals surface area contributed by atoms with Crippen molar-refractivity contribution in [3.8, 4) is 5.75 Å². The summed E-state index contributed by atoms with van der Waals surface area (Å²) in [5.74, 6) is 0.430. The average Bonchev–Trinajstić information content (AvgIpc) is 3.00. The molecule has 2 aromatic rings. The summed E-state index contributed by atoms with van der Waals surface area (Å²) < 4.78 is 5.61. The van der Waals surface area contributed by atoms with E-state index in [1.807, 2.05) is 6.07 Å². The second-order valence-electron chi connectivity index (χ2n) is 5.00. The van der Waals surface area contributed by atoms with Gasteiger partial charge in [-0.05, 0) is 43.2 Å². The van der Waals surface area contributed by atoms with Crippen molar-refractivity contribution >= 4 is 17.2 Å². The lowest BCUT2D eigenvalue weighted by Gasteiger charge is -2.15. The van der Waals surface area contributed by atoms with Gasteiger partial charge in [-0.2, -0.15) is 0 Å². The van der Waals surface area contributed by atoms with Crippen LogP contribution in [0.25, 0.3) is 0 Å². The van der Waals surface area contributed by atoms with Crippen molar-refractivity contribution < 1.29 is 14.6 Å². The zero-order chi connectivity index (χ0) is 15.9. The maximum absolute atomic E-state index is 12.1. The number of ether oxygens (including phenoxy) is 1. The molecule has 0 bridgehead atoms. The van der Waals surface area contributed by atoms with E-state index in [0.717, 1.165) is 16.9 Å². The van der Waals surface area contributed by atoms with Crippen molar-refractivity contribution in [1.82, 2.24) is 5.32 Å². The lowest BCUT2D eigenvalue weighted by atomic mass is 10.2. The van der Waals surface area contributed by atoms with E-state index >= 15 is 0 Å². The number of nitrogens with one attached hydrogen (secondary N) is 1. The fourth-order valence-electron chi connectivity index (χ4n) is 2.00. The van der Waals surface area contributed by atoms with Gasteiger partial charge in [0.1, 0.15) is 5.75 Å². The van der Waals surface area contributed by atoms with Crippen LogP contribution in [0.3, 0.4) is 0 Å². The Morgan fingerprint density at radius 2 is 2.09 bits per heavy atom. The zero-order valence-electron chi connectivity index (χ0n) is 12.8. The smallest absolute Gasteiger partial charge is 0.261 e. The Morgan fingerprint density at radius 3 is 2.77 bits per heavy atom. The largest absolute Gasteiger partial charge is 0.481 e. The number of benzene rings is 1. The quantitative estimate of drug-likeness (QED) is 0.825. The van der Waals surface area contributed by atoms with Gasteiger partial charge in [-0.25, -0.2) is 0 Å². The van der Waals surface area contributed by atoms with Crippen LogP contribution < -0.4 is 10.1 Å². The van der Waals surface area contributed by atoms with Crippen molar-refractivity contribution in [2.24, 2.45) is 0 Å². The van der Waals surface area contributed by atoms with Gasteiger partial charge in [0.15, 0.2) is 6.10 Å². The highest BCUT2D eigenvalue weighted by Crippen LogP contribution is 2.17. The maximum atomic E-state index is 12.1. The third kappa shape index (κ3) is 4.58. The average molecular weight is 319 g/mol. The molecule has 2 rings (SSSR count). The summed E-state index contributed by atoms with van der Waals surface area (Å²) in [5, 5.41) is 12.0. The molecule has 0 saturated carbocycles. The summed E-state index contributed by atoms with van der Waals surface area (Å²) in [6.45, 7) is 4.31. The van der Waals surface area contributed by atoms with Crippen LogP contribution in [-0.2, 0) is 24.4 Å². The van der Waals surface area contributed by atoms with Crippen LogP contribution in [0.4, 0.5) is 0 Å².